The van der Waals surface area contributed by atoms with Gasteiger partial charge in [0.05, 0.1) is 28.2 Å². The van der Waals surface area contributed by atoms with E-state index in [2.05, 4.69) is 11.1 Å². The van der Waals surface area contributed by atoms with Gasteiger partial charge in [0.15, 0.2) is 4.34 Å². The van der Waals surface area contributed by atoms with E-state index in [9.17, 15) is 4.79 Å². The summed E-state index contributed by atoms with van der Waals surface area (Å²) >= 11 is 3.17. The van der Waals surface area contributed by atoms with Gasteiger partial charge in [-0.1, -0.05) is 23.9 Å². The van der Waals surface area contributed by atoms with Gasteiger partial charge in [0.2, 0.25) is 5.91 Å². The zero-order valence-electron chi connectivity index (χ0n) is 12.1. The molecule has 0 aliphatic carbocycles. The van der Waals surface area contributed by atoms with E-state index >= 15 is 0 Å². The first-order valence-corrected chi connectivity index (χ1v) is 8.83. The van der Waals surface area contributed by atoms with Crippen LogP contribution in [0.15, 0.2) is 28.6 Å². The summed E-state index contributed by atoms with van der Waals surface area (Å²) in [6.45, 7) is 5.39. The van der Waals surface area contributed by atoms with Gasteiger partial charge >= 0.3 is 0 Å². The van der Waals surface area contributed by atoms with Gasteiger partial charge in [-0.05, 0) is 26.0 Å². The SMILES string of the molecule is CC1CN(C(=O)CSc2nc3ccccc3s2)CC(C)O1. The molecular weight excluding hydrogens is 304 g/mol. The predicted octanol–water partition coefficient (Wildman–Crippen LogP) is 3.02. The second-order valence-corrected chi connectivity index (χ2v) is 7.55. The van der Waals surface area contributed by atoms with Crippen LogP contribution in [0.2, 0.25) is 0 Å². The van der Waals surface area contributed by atoms with Crippen molar-refractivity contribution in [2.75, 3.05) is 18.8 Å². The lowest BCUT2D eigenvalue weighted by Crippen LogP contribution is -2.48. The molecular formula is C15H18N2O2S2. The zero-order chi connectivity index (χ0) is 14.8. The zero-order valence-corrected chi connectivity index (χ0v) is 13.7. The maximum atomic E-state index is 12.3. The smallest absolute Gasteiger partial charge is 0.233 e. The quantitative estimate of drug-likeness (QED) is 0.815. The number of hydrogen-bond donors (Lipinski definition) is 0. The molecule has 1 aromatic heterocycles. The first-order valence-electron chi connectivity index (χ1n) is 7.03. The molecule has 3 rings (SSSR count). The molecule has 0 radical (unpaired) electrons. The third-order valence-corrected chi connectivity index (χ3v) is 5.53. The fraction of sp³-hybridized carbons (Fsp3) is 0.467. The molecule has 4 nitrogen and oxygen atoms in total. The number of fused-ring (bicyclic) bond motifs is 1. The van der Waals surface area contributed by atoms with Crippen LogP contribution in [0.3, 0.4) is 0 Å². The van der Waals surface area contributed by atoms with Gasteiger partial charge in [-0.25, -0.2) is 4.98 Å². The molecule has 0 bridgehead atoms. The summed E-state index contributed by atoms with van der Waals surface area (Å²) in [5, 5.41) is 0. The number of nitrogens with zero attached hydrogens (tertiary/aromatic N) is 2. The number of para-hydroxylation sites is 1. The van der Waals surface area contributed by atoms with Crippen LogP contribution in [-0.4, -0.2) is 46.8 Å². The lowest BCUT2D eigenvalue weighted by molar-refractivity contribution is -0.140. The Balaban J connectivity index is 1.60. The van der Waals surface area contributed by atoms with Crippen molar-refractivity contribution >= 4 is 39.2 Å². The number of thioether (sulfide) groups is 1. The third kappa shape index (κ3) is 3.56. The maximum Gasteiger partial charge on any atom is 0.233 e. The summed E-state index contributed by atoms with van der Waals surface area (Å²) in [4.78, 5) is 18.8. The standard InChI is InChI=1S/C15H18N2O2S2/c1-10-7-17(8-11(2)19-10)14(18)9-20-15-16-12-5-3-4-6-13(12)21-15/h3-6,10-11H,7-9H2,1-2H3. The molecule has 1 saturated heterocycles. The highest BCUT2D eigenvalue weighted by atomic mass is 32.2. The van der Waals surface area contributed by atoms with Crippen LogP contribution in [0.25, 0.3) is 10.2 Å². The minimum Gasteiger partial charge on any atom is -0.372 e. The van der Waals surface area contributed by atoms with Crippen LogP contribution < -0.4 is 0 Å². The lowest BCUT2D eigenvalue weighted by atomic mass is 10.2. The molecule has 1 aromatic carbocycles. The van der Waals surface area contributed by atoms with Gasteiger partial charge in [0.1, 0.15) is 0 Å². The lowest BCUT2D eigenvalue weighted by Gasteiger charge is -2.35. The Morgan fingerprint density at radius 3 is 2.81 bits per heavy atom. The summed E-state index contributed by atoms with van der Waals surface area (Å²) in [6.07, 6.45) is 0.232. The Kier molecular flexibility index (Phi) is 4.47. The average molecular weight is 322 g/mol. The molecule has 21 heavy (non-hydrogen) atoms. The molecule has 2 aromatic rings. The van der Waals surface area contributed by atoms with Crippen LogP contribution in [0.4, 0.5) is 0 Å². The van der Waals surface area contributed by atoms with Crippen LogP contribution in [-0.2, 0) is 9.53 Å². The largest absolute Gasteiger partial charge is 0.372 e. The van der Waals surface area contributed by atoms with E-state index in [4.69, 9.17) is 4.74 Å². The maximum absolute atomic E-state index is 12.3. The molecule has 112 valence electrons. The van der Waals surface area contributed by atoms with Crippen molar-refractivity contribution in [2.24, 2.45) is 0 Å². The number of ether oxygens (including phenoxy) is 1. The van der Waals surface area contributed by atoms with Crippen molar-refractivity contribution in [3.63, 3.8) is 0 Å². The monoisotopic (exact) mass is 322 g/mol. The predicted molar refractivity (Wildman–Crippen MR) is 86.9 cm³/mol. The fourth-order valence-electron chi connectivity index (χ4n) is 2.51. The van der Waals surface area contributed by atoms with Crippen LogP contribution >= 0.6 is 23.1 Å². The number of benzene rings is 1. The summed E-state index contributed by atoms with van der Waals surface area (Å²) in [5.41, 5.74) is 1.01. The molecule has 0 spiro atoms. The van der Waals surface area contributed by atoms with Gasteiger partial charge in [0, 0.05) is 13.1 Å². The minimum absolute atomic E-state index is 0.116. The molecule has 1 amide bonds. The van der Waals surface area contributed by atoms with Crippen LogP contribution in [0.1, 0.15) is 13.8 Å². The molecule has 1 aliphatic rings. The fourth-order valence-corrected chi connectivity index (χ4v) is 4.48. The number of thiazole rings is 1. The number of rotatable bonds is 3. The van der Waals surface area contributed by atoms with E-state index in [1.807, 2.05) is 36.9 Å². The van der Waals surface area contributed by atoms with Crippen molar-refractivity contribution in [2.45, 2.75) is 30.4 Å². The third-order valence-electron chi connectivity index (χ3n) is 3.37. The summed E-state index contributed by atoms with van der Waals surface area (Å²) < 4.78 is 7.78. The van der Waals surface area contributed by atoms with Gasteiger partial charge in [0.25, 0.3) is 0 Å². The van der Waals surface area contributed by atoms with E-state index in [-0.39, 0.29) is 18.1 Å². The van der Waals surface area contributed by atoms with Gasteiger partial charge < -0.3 is 9.64 Å². The summed E-state index contributed by atoms with van der Waals surface area (Å²) in [7, 11) is 0. The Morgan fingerprint density at radius 1 is 1.38 bits per heavy atom. The highest BCUT2D eigenvalue weighted by Crippen LogP contribution is 2.29. The van der Waals surface area contributed by atoms with Crippen LogP contribution in [0, 0.1) is 0 Å². The van der Waals surface area contributed by atoms with E-state index in [0.717, 1.165) is 9.86 Å². The van der Waals surface area contributed by atoms with E-state index in [1.165, 1.54) is 16.5 Å². The Morgan fingerprint density at radius 2 is 2.10 bits per heavy atom. The number of carbonyl (C=O) groups is 1. The van der Waals surface area contributed by atoms with E-state index < -0.39 is 0 Å². The van der Waals surface area contributed by atoms with E-state index in [1.54, 1.807) is 11.3 Å². The number of aromatic nitrogens is 1. The van der Waals surface area contributed by atoms with Crippen molar-refractivity contribution in [3.05, 3.63) is 24.3 Å². The van der Waals surface area contributed by atoms with Crippen LogP contribution in [0.5, 0.6) is 0 Å². The van der Waals surface area contributed by atoms with Crippen molar-refractivity contribution in [1.82, 2.24) is 9.88 Å². The Bertz CT molecular complexity index is 600. The highest BCUT2D eigenvalue weighted by molar-refractivity contribution is 8.01. The molecule has 2 atom stereocenters. The van der Waals surface area contributed by atoms with Gasteiger partial charge in [-0.2, -0.15) is 0 Å². The first kappa shape index (κ1) is 14.8. The summed E-state index contributed by atoms with van der Waals surface area (Å²) in [6, 6.07) is 8.06. The van der Waals surface area contributed by atoms with E-state index in [0.29, 0.717) is 18.8 Å². The average Bonchev–Trinajstić information content (AvgIpc) is 2.86. The Labute approximate surface area is 132 Å². The molecule has 0 saturated carbocycles. The molecule has 0 N–H and O–H groups in total. The number of amides is 1. The van der Waals surface area contributed by atoms with Crippen molar-refractivity contribution in [1.29, 1.82) is 0 Å². The highest BCUT2D eigenvalue weighted by Gasteiger charge is 2.25. The van der Waals surface area contributed by atoms with Gasteiger partial charge in [-0.15, -0.1) is 11.3 Å². The van der Waals surface area contributed by atoms with Crippen molar-refractivity contribution < 1.29 is 9.53 Å². The number of carbonyl (C=O) groups excluding carboxylic acids is 1. The van der Waals surface area contributed by atoms with Gasteiger partial charge in [-0.3, -0.25) is 4.79 Å². The molecule has 1 aliphatic heterocycles. The number of hydrogen-bond acceptors (Lipinski definition) is 5. The first-order chi connectivity index (χ1) is 10.1. The normalized spacial score (nSPS) is 22.7. The minimum atomic E-state index is 0.116. The number of morpholine rings is 1. The second kappa shape index (κ2) is 6.34. The topological polar surface area (TPSA) is 42.4 Å². The molecule has 6 heteroatoms. The Hall–Kier alpha value is -1.11. The molecule has 2 unspecified atom stereocenters. The van der Waals surface area contributed by atoms with Crippen molar-refractivity contribution in [3.8, 4) is 0 Å². The molecule has 2 heterocycles. The molecule has 1 fully saturated rings. The summed E-state index contributed by atoms with van der Waals surface area (Å²) in [5.74, 6) is 0.612. The second-order valence-electron chi connectivity index (χ2n) is 5.29.